The van der Waals surface area contributed by atoms with E-state index in [1.165, 1.54) is 51.9 Å². The lowest BCUT2D eigenvalue weighted by Gasteiger charge is -2.20. The van der Waals surface area contributed by atoms with Crippen LogP contribution in [0.4, 0.5) is 0 Å². The van der Waals surface area contributed by atoms with Crippen molar-refractivity contribution in [1.82, 2.24) is 0 Å². The van der Waals surface area contributed by atoms with Gasteiger partial charge in [-0.25, -0.2) is 0 Å². The van der Waals surface area contributed by atoms with Gasteiger partial charge < -0.3 is 4.74 Å². The van der Waals surface area contributed by atoms with Crippen LogP contribution in [0.3, 0.4) is 0 Å². The summed E-state index contributed by atoms with van der Waals surface area (Å²) in [5.41, 5.74) is 0. The Balaban J connectivity index is 3.57. The summed E-state index contributed by atoms with van der Waals surface area (Å²) < 4.78 is 5.22. The van der Waals surface area contributed by atoms with Crippen molar-refractivity contribution in [2.75, 3.05) is 0 Å². The minimum Gasteiger partial charge on any atom is -0.463 e. The molecular weight excluding hydrogens is 236 g/mol. The molecule has 0 aromatic heterocycles. The topological polar surface area (TPSA) is 26.3 Å². The van der Waals surface area contributed by atoms with Crippen LogP contribution >= 0.6 is 0 Å². The summed E-state index contributed by atoms with van der Waals surface area (Å²) in [5, 5.41) is 0. The smallest absolute Gasteiger partial charge is 0.302 e. The van der Waals surface area contributed by atoms with Gasteiger partial charge in [0.25, 0.3) is 0 Å². The Hall–Kier alpha value is -0.530. The van der Waals surface area contributed by atoms with Crippen molar-refractivity contribution in [3.63, 3.8) is 0 Å². The van der Waals surface area contributed by atoms with E-state index < -0.39 is 0 Å². The number of hydrogen-bond donors (Lipinski definition) is 0. The van der Waals surface area contributed by atoms with Crippen molar-refractivity contribution in [2.24, 2.45) is 11.8 Å². The fourth-order valence-corrected chi connectivity index (χ4v) is 2.46. The molecule has 0 unspecified atom stereocenters. The molecule has 0 aliphatic carbocycles. The molecule has 0 amide bonds. The van der Waals surface area contributed by atoms with Crippen LogP contribution in [-0.4, -0.2) is 12.1 Å². The highest BCUT2D eigenvalue weighted by atomic mass is 16.5. The molecule has 3 atom stereocenters. The number of hydrogen-bond acceptors (Lipinski definition) is 2. The van der Waals surface area contributed by atoms with Gasteiger partial charge in [0.2, 0.25) is 0 Å². The predicted octanol–water partition coefficient (Wildman–Crippen LogP) is 5.35. The van der Waals surface area contributed by atoms with Gasteiger partial charge in [-0.15, -0.1) is 0 Å². The number of esters is 1. The van der Waals surface area contributed by atoms with Crippen molar-refractivity contribution in [2.45, 2.75) is 92.1 Å². The lowest BCUT2D eigenvalue weighted by Crippen LogP contribution is -2.20. The third-order valence-electron chi connectivity index (χ3n) is 4.06. The first-order valence-corrected chi connectivity index (χ1v) is 8.14. The number of unbranched alkanes of at least 4 members (excludes halogenated alkanes) is 3. The molecule has 0 saturated carbocycles. The van der Waals surface area contributed by atoms with E-state index in [9.17, 15) is 4.79 Å². The second-order valence-corrected chi connectivity index (χ2v) is 6.18. The second-order valence-electron chi connectivity index (χ2n) is 6.18. The molecule has 0 fully saturated rings. The van der Waals surface area contributed by atoms with Crippen molar-refractivity contribution in [3.05, 3.63) is 0 Å². The maximum atomic E-state index is 10.9. The van der Waals surface area contributed by atoms with Crippen LogP contribution in [-0.2, 0) is 9.53 Å². The zero-order chi connectivity index (χ0) is 14.7. The van der Waals surface area contributed by atoms with Gasteiger partial charge in [-0.3, -0.25) is 4.79 Å². The Labute approximate surface area is 120 Å². The van der Waals surface area contributed by atoms with E-state index >= 15 is 0 Å². The van der Waals surface area contributed by atoms with Crippen LogP contribution in [0, 0.1) is 11.8 Å². The quantitative estimate of drug-likeness (QED) is 0.373. The summed E-state index contributed by atoms with van der Waals surface area (Å²) in [7, 11) is 0. The molecule has 114 valence electrons. The van der Waals surface area contributed by atoms with Crippen molar-refractivity contribution >= 4 is 5.97 Å². The van der Waals surface area contributed by atoms with E-state index in [0.717, 1.165) is 12.3 Å². The summed E-state index contributed by atoms with van der Waals surface area (Å²) in [6, 6.07) is 0. The van der Waals surface area contributed by atoms with E-state index in [2.05, 4.69) is 20.8 Å². The van der Waals surface area contributed by atoms with Gasteiger partial charge in [0.15, 0.2) is 0 Å². The van der Waals surface area contributed by atoms with Crippen LogP contribution < -0.4 is 0 Å². The molecule has 0 N–H and O–H groups in total. The first kappa shape index (κ1) is 18.5. The largest absolute Gasteiger partial charge is 0.463 e. The molecule has 2 heteroatoms. The Morgan fingerprint density at radius 1 is 0.947 bits per heavy atom. The minimum atomic E-state index is -0.163. The maximum absolute atomic E-state index is 10.9. The molecule has 0 bridgehead atoms. The van der Waals surface area contributed by atoms with Crippen LogP contribution in [0.5, 0.6) is 0 Å². The summed E-state index contributed by atoms with van der Waals surface area (Å²) in [6.45, 7) is 10.3. The van der Waals surface area contributed by atoms with Crippen molar-refractivity contribution < 1.29 is 9.53 Å². The molecule has 0 aliphatic heterocycles. The van der Waals surface area contributed by atoms with Crippen LogP contribution in [0.1, 0.15) is 86.0 Å². The number of rotatable bonds is 11. The van der Waals surface area contributed by atoms with Gasteiger partial charge in [0.05, 0.1) is 0 Å². The molecular formula is C17H34O2. The zero-order valence-corrected chi connectivity index (χ0v) is 13.7. The molecule has 19 heavy (non-hydrogen) atoms. The fourth-order valence-electron chi connectivity index (χ4n) is 2.46. The Bertz CT molecular complexity index is 225. The van der Waals surface area contributed by atoms with E-state index in [-0.39, 0.29) is 12.1 Å². The Morgan fingerprint density at radius 2 is 1.58 bits per heavy atom. The Morgan fingerprint density at radius 3 is 2.16 bits per heavy atom. The minimum absolute atomic E-state index is 0.0531. The lowest BCUT2D eigenvalue weighted by molar-refractivity contribution is -0.147. The van der Waals surface area contributed by atoms with Crippen LogP contribution in [0.2, 0.25) is 0 Å². The van der Waals surface area contributed by atoms with Gasteiger partial charge in [0.1, 0.15) is 6.10 Å². The zero-order valence-electron chi connectivity index (χ0n) is 13.7. The summed E-state index contributed by atoms with van der Waals surface area (Å²) in [5.74, 6) is 1.15. The molecule has 0 radical (unpaired) electrons. The van der Waals surface area contributed by atoms with E-state index in [1.54, 1.807) is 0 Å². The summed E-state index contributed by atoms with van der Waals surface area (Å²) >= 11 is 0. The fraction of sp³-hybridized carbons (Fsp3) is 0.941. The normalized spacial score (nSPS) is 15.8. The summed E-state index contributed by atoms with van der Waals surface area (Å²) in [6.07, 6.45) is 10.6. The third-order valence-corrected chi connectivity index (χ3v) is 4.06. The average Bonchev–Trinajstić information content (AvgIpc) is 2.33. The third kappa shape index (κ3) is 11.0. The number of carbonyl (C=O) groups is 1. The van der Waals surface area contributed by atoms with Crippen LogP contribution in [0.25, 0.3) is 0 Å². The van der Waals surface area contributed by atoms with Crippen molar-refractivity contribution in [3.8, 4) is 0 Å². The SMILES string of the molecule is CCCCCC[C@H](C)CCC[C@H](C)[C@H](C)OC(C)=O. The maximum Gasteiger partial charge on any atom is 0.302 e. The molecule has 0 aromatic carbocycles. The first-order chi connectivity index (χ1) is 8.97. The summed E-state index contributed by atoms with van der Waals surface area (Å²) in [4.78, 5) is 10.9. The van der Waals surface area contributed by atoms with Gasteiger partial charge in [-0.2, -0.15) is 0 Å². The monoisotopic (exact) mass is 270 g/mol. The standard InChI is InChI=1S/C17H34O2/c1-6-7-8-9-11-14(2)12-10-13-15(3)16(4)19-17(5)18/h14-16H,6-13H2,1-5H3/t14-,15-,16-/m0/s1. The van der Waals surface area contributed by atoms with E-state index in [4.69, 9.17) is 4.74 Å². The molecule has 0 aliphatic rings. The number of ether oxygens (including phenoxy) is 1. The molecule has 0 rings (SSSR count). The van der Waals surface area contributed by atoms with Gasteiger partial charge in [-0.05, 0) is 25.2 Å². The van der Waals surface area contributed by atoms with E-state index in [0.29, 0.717) is 5.92 Å². The van der Waals surface area contributed by atoms with Gasteiger partial charge in [-0.1, -0.05) is 65.7 Å². The molecule has 0 saturated heterocycles. The Kier molecular flexibility index (Phi) is 11.0. The highest BCUT2D eigenvalue weighted by Crippen LogP contribution is 2.20. The number of carbonyl (C=O) groups excluding carboxylic acids is 1. The highest BCUT2D eigenvalue weighted by Gasteiger charge is 2.15. The average molecular weight is 270 g/mol. The van der Waals surface area contributed by atoms with Gasteiger partial charge >= 0.3 is 5.97 Å². The molecule has 0 heterocycles. The molecule has 0 aromatic rings. The lowest BCUT2D eigenvalue weighted by atomic mass is 9.93. The molecule has 2 nitrogen and oxygen atoms in total. The van der Waals surface area contributed by atoms with Gasteiger partial charge in [0, 0.05) is 6.92 Å². The van der Waals surface area contributed by atoms with Crippen LogP contribution in [0.15, 0.2) is 0 Å². The second kappa shape index (κ2) is 11.3. The highest BCUT2D eigenvalue weighted by molar-refractivity contribution is 5.66. The van der Waals surface area contributed by atoms with Crippen molar-refractivity contribution in [1.29, 1.82) is 0 Å². The molecule has 0 spiro atoms. The predicted molar refractivity (Wildman–Crippen MR) is 82.2 cm³/mol. The first-order valence-electron chi connectivity index (χ1n) is 8.14. The van der Waals surface area contributed by atoms with E-state index in [1.807, 2.05) is 6.92 Å².